The molecule has 1 saturated heterocycles. The van der Waals surface area contributed by atoms with Gasteiger partial charge in [-0.05, 0) is 19.1 Å². The lowest BCUT2D eigenvalue weighted by atomic mass is 10.1. The van der Waals surface area contributed by atoms with E-state index >= 15 is 0 Å². The molecule has 0 aliphatic carbocycles. The van der Waals surface area contributed by atoms with Crippen molar-refractivity contribution in [1.82, 2.24) is 4.98 Å². The number of ether oxygens (including phenoxy) is 1. The van der Waals surface area contributed by atoms with Crippen molar-refractivity contribution >= 4 is 10.9 Å². The van der Waals surface area contributed by atoms with Crippen LogP contribution < -0.4 is 10.3 Å². The van der Waals surface area contributed by atoms with Crippen LogP contribution in [-0.4, -0.2) is 31.3 Å². The molecule has 1 aromatic heterocycles. The van der Waals surface area contributed by atoms with E-state index in [4.69, 9.17) is 4.74 Å². The highest BCUT2D eigenvalue weighted by Gasteiger charge is 2.18. The lowest BCUT2D eigenvalue weighted by Crippen LogP contribution is -3.13. The molecule has 1 fully saturated rings. The van der Waals surface area contributed by atoms with Crippen molar-refractivity contribution < 1.29 is 9.64 Å². The maximum atomic E-state index is 12.6. The summed E-state index contributed by atoms with van der Waals surface area (Å²) in [5.74, 6) is 0. The van der Waals surface area contributed by atoms with E-state index < -0.39 is 0 Å². The van der Waals surface area contributed by atoms with Gasteiger partial charge in [-0.1, -0.05) is 12.1 Å². The predicted octanol–water partition coefficient (Wildman–Crippen LogP) is 0.252. The Hall–Kier alpha value is -1.65. The van der Waals surface area contributed by atoms with Gasteiger partial charge in [-0.2, -0.15) is 0 Å². The van der Waals surface area contributed by atoms with Gasteiger partial charge in [-0.15, -0.1) is 0 Å². The summed E-state index contributed by atoms with van der Waals surface area (Å²) >= 11 is 0. The van der Waals surface area contributed by atoms with E-state index in [0.29, 0.717) is 0 Å². The Morgan fingerprint density at radius 2 is 2.00 bits per heavy atom. The number of aromatic nitrogens is 1. The zero-order chi connectivity index (χ0) is 13.2. The SMILES string of the molecule is Cc1[nH]c2ccccc2c(=O)c1C[NH+]1CCOCC1. The maximum absolute atomic E-state index is 12.6. The first kappa shape index (κ1) is 12.4. The van der Waals surface area contributed by atoms with Crippen molar-refractivity contribution in [3.05, 3.63) is 45.7 Å². The predicted molar refractivity (Wildman–Crippen MR) is 74.5 cm³/mol. The van der Waals surface area contributed by atoms with E-state index in [1.54, 1.807) is 0 Å². The second-order valence-electron chi connectivity index (χ2n) is 5.14. The monoisotopic (exact) mass is 259 g/mol. The number of quaternary nitrogens is 1. The molecule has 0 radical (unpaired) electrons. The summed E-state index contributed by atoms with van der Waals surface area (Å²) in [5.41, 5.74) is 3.00. The van der Waals surface area contributed by atoms with Crippen LogP contribution in [-0.2, 0) is 11.3 Å². The second-order valence-corrected chi connectivity index (χ2v) is 5.14. The van der Waals surface area contributed by atoms with Crippen LogP contribution in [0.2, 0.25) is 0 Å². The summed E-state index contributed by atoms with van der Waals surface area (Å²) in [5, 5.41) is 0.788. The summed E-state index contributed by atoms with van der Waals surface area (Å²) in [6, 6.07) is 7.71. The highest BCUT2D eigenvalue weighted by atomic mass is 16.5. The number of pyridine rings is 1. The third-order valence-corrected chi connectivity index (χ3v) is 3.85. The van der Waals surface area contributed by atoms with Crippen molar-refractivity contribution in [2.75, 3.05) is 26.3 Å². The summed E-state index contributed by atoms with van der Waals surface area (Å²) in [6.45, 7) is 6.32. The van der Waals surface area contributed by atoms with E-state index in [1.165, 1.54) is 4.90 Å². The van der Waals surface area contributed by atoms with Gasteiger partial charge in [0.2, 0.25) is 0 Å². The van der Waals surface area contributed by atoms with E-state index in [2.05, 4.69) is 4.98 Å². The quantitative estimate of drug-likeness (QED) is 0.812. The molecule has 4 nitrogen and oxygen atoms in total. The van der Waals surface area contributed by atoms with E-state index in [1.807, 2.05) is 31.2 Å². The Balaban J connectivity index is 2.00. The number of nitrogens with one attached hydrogen (secondary N) is 2. The van der Waals surface area contributed by atoms with Crippen molar-refractivity contribution in [2.45, 2.75) is 13.5 Å². The Kier molecular flexibility index (Phi) is 3.36. The Morgan fingerprint density at radius 3 is 2.79 bits per heavy atom. The Bertz CT molecular complexity index is 642. The number of H-pyrrole nitrogens is 1. The number of benzene rings is 1. The first-order chi connectivity index (χ1) is 9.25. The van der Waals surface area contributed by atoms with Gasteiger partial charge in [0.25, 0.3) is 0 Å². The van der Waals surface area contributed by atoms with Crippen LogP contribution in [0.25, 0.3) is 10.9 Å². The molecule has 0 unspecified atom stereocenters. The summed E-state index contributed by atoms with van der Waals surface area (Å²) in [4.78, 5) is 17.3. The number of fused-ring (bicyclic) bond motifs is 1. The summed E-state index contributed by atoms with van der Waals surface area (Å²) in [7, 11) is 0. The minimum atomic E-state index is 0.172. The molecule has 1 aromatic carbocycles. The standard InChI is InChI=1S/C15H18N2O2/c1-11-13(10-17-6-8-19-9-7-17)15(18)12-4-2-3-5-14(12)16-11/h2-5H,6-10H2,1H3,(H,16,18)/p+1. The Labute approximate surface area is 112 Å². The van der Waals surface area contributed by atoms with E-state index in [0.717, 1.165) is 55.0 Å². The first-order valence-corrected chi connectivity index (χ1v) is 6.77. The fraction of sp³-hybridized carbons (Fsp3) is 0.400. The molecule has 0 atom stereocenters. The first-order valence-electron chi connectivity index (χ1n) is 6.77. The number of hydrogen-bond donors (Lipinski definition) is 2. The zero-order valence-corrected chi connectivity index (χ0v) is 11.2. The number of para-hydroxylation sites is 1. The molecular weight excluding hydrogens is 240 g/mol. The fourth-order valence-corrected chi connectivity index (χ4v) is 2.70. The molecule has 0 amide bonds. The third-order valence-electron chi connectivity index (χ3n) is 3.85. The average molecular weight is 259 g/mol. The average Bonchev–Trinajstić information content (AvgIpc) is 2.45. The largest absolute Gasteiger partial charge is 0.370 e. The second kappa shape index (κ2) is 5.15. The van der Waals surface area contributed by atoms with E-state index in [9.17, 15) is 4.79 Å². The van der Waals surface area contributed by atoms with Gasteiger partial charge in [0, 0.05) is 16.6 Å². The number of aromatic amines is 1. The molecule has 19 heavy (non-hydrogen) atoms. The van der Waals surface area contributed by atoms with Crippen LogP contribution in [0.15, 0.2) is 29.1 Å². The smallest absolute Gasteiger partial charge is 0.198 e. The van der Waals surface area contributed by atoms with Gasteiger partial charge < -0.3 is 14.6 Å². The highest BCUT2D eigenvalue weighted by molar-refractivity contribution is 5.79. The molecule has 0 bridgehead atoms. The molecular formula is C15H19N2O2+. The normalized spacial score (nSPS) is 16.9. The third kappa shape index (κ3) is 2.41. The molecule has 100 valence electrons. The number of rotatable bonds is 2. The van der Waals surface area contributed by atoms with Gasteiger partial charge in [-0.25, -0.2) is 0 Å². The molecule has 4 heteroatoms. The number of aryl methyl sites for hydroxylation is 1. The Morgan fingerprint density at radius 1 is 1.26 bits per heavy atom. The topological polar surface area (TPSA) is 46.5 Å². The molecule has 0 spiro atoms. The number of morpholine rings is 1. The van der Waals surface area contributed by atoms with Crippen LogP contribution in [0.5, 0.6) is 0 Å². The van der Waals surface area contributed by atoms with Crippen molar-refractivity contribution in [3.63, 3.8) is 0 Å². The summed E-state index contributed by atoms with van der Waals surface area (Å²) in [6.07, 6.45) is 0. The van der Waals surface area contributed by atoms with Gasteiger partial charge in [0.05, 0.1) is 18.8 Å². The van der Waals surface area contributed by atoms with Crippen molar-refractivity contribution in [1.29, 1.82) is 0 Å². The van der Waals surface area contributed by atoms with Gasteiger partial charge in [0.15, 0.2) is 5.43 Å². The van der Waals surface area contributed by atoms with Gasteiger partial charge in [0.1, 0.15) is 19.6 Å². The summed E-state index contributed by atoms with van der Waals surface area (Å²) < 4.78 is 5.36. The molecule has 2 heterocycles. The van der Waals surface area contributed by atoms with Crippen LogP contribution in [0, 0.1) is 6.92 Å². The molecule has 2 N–H and O–H groups in total. The van der Waals surface area contributed by atoms with Crippen LogP contribution in [0.1, 0.15) is 11.3 Å². The van der Waals surface area contributed by atoms with Gasteiger partial charge in [-0.3, -0.25) is 4.79 Å². The zero-order valence-electron chi connectivity index (χ0n) is 11.2. The van der Waals surface area contributed by atoms with Crippen LogP contribution in [0.3, 0.4) is 0 Å². The molecule has 0 saturated carbocycles. The van der Waals surface area contributed by atoms with Crippen LogP contribution >= 0.6 is 0 Å². The highest BCUT2D eigenvalue weighted by Crippen LogP contribution is 2.10. The molecule has 1 aliphatic rings. The van der Waals surface area contributed by atoms with E-state index in [-0.39, 0.29) is 5.43 Å². The number of hydrogen-bond acceptors (Lipinski definition) is 2. The van der Waals surface area contributed by atoms with Crippen molar-refractivity contribution in [2.24, 2.45) is 0 Å². The lowest BCUT2D eigenvalue weighted by molar-refractivity contribution is -0.921. The maximum Gasteiger partial charge on any atom is 0.198 e. The van der Waals surface area contributed by atoms with Crippen LogP contribution in [0.4, 0.5) is 0 Å². The minimum absolute atomic E-state index is 0.172. The fourth-order valence-electron chi connectivity index (χ4n) is 2.70. The van der Waals surface area contributed by atoms with Crippen molar-refractivity contribution in [3.8, 4) is 0 Å². The lowest BCUT2D eigenvalue weighted by Gasteiger charge is -2.24. The molecule has 1 aliphatic heterocycles. The molecule has 2 aromatic rings. The van der Waals surface area contributed by atoms with Gasteiger partial charge >= 0.3 is 0 Å². The minimum Gasteiger partial charge on any atom is -0.370 e. The molecule has 3 rings (SSSR count).